The number of halogens is 1. The number of nitrogens with zero attached hydrogens (tertiary/aromatic N) is 1. The first-order valence-electron chi connectivity index (χ1n) is 5.38. The molecule has 4 nitrogen and oxygen atoms in total. The molecule has 94 valence electrons. The summed E-state index contributed by atoms with van der Waals surface area (Å²) >= 11 is 5.75. The molecule has 0 atom stereocenters. The number of carboxylic acids is 1. The van der Waals surface area contributed by atoms with Crippen LogP contribution in [0.15, 0.2) is 18.5 Å². The van der Waals surface area contributed by atoms with E-state index in [-0.39, 0.29) is 0 Å². The Hall–Kier alpha value is -1.29. The normalized spacial score (nSPS) is 11.2. The van der Waals surface area contributed by atoms with Gasteiger partial charge in [0.2, 0.25) is 0 Å². The first-order valence-corrected chi connectivity index (χ1v) is 5.76. The first kappa shape index (κ1) is 13.8. The molecule has 1 aromatic rings. The Kier molecular flexibility index (Phi) is 4.75. The summed E-state index contributed by atoms with van der Waals surface area (Å²) in [5.74, 6) is -0.187. The molecule has 1 rings (SSSR count). The molecule has 0 aromatic carbocycles. The lowest BCUT2D eigenvalue weighted by Gasteiger charge is -2.18. The zero-order valence-electron chi connectivity index (χ0n) is 9.94. The number of aliphatic carboxylic acids is 1. The number of carboxylic acid groups (broad SMARTS) is 1. The minimum absolute atomic E-state index is 0.457. The molecule has 0 aliphatic carbocycles. The van der Waals surface area contributed by atoms with Crippen LogP contribution in [0, 0.1) is 5.41 Å². The summed E-state index contributed by atoms with van der Waals surface area (Å²) < 4.78 is 5.42. The van der Waals surface area contributed by atoms with E-state index in [0.29, 0.717) is 30.2 Å². The lowest BCUT2D eigenvalue weighted by Crippen LogP contribution is -2.24. The number of rotatable bonds is 6. The van der Waals surface area contributed by atoms with Gasteiger partial charge in [-0.25, -0.2) is 0 Å². The van der Waals surface area contributed by atoms with E-state index in [1.165, 1.54) is 6.20 Å². The molecule has 0 unspecified atom stereocenters. The highest BCUT2D eigenvalue weighted by atomic mass is 35.5. The van der Waals surface area contributed by atoms with E-state index >= 15 is 0 Å². The van der Waals surface area contributed by atoms with Crippen molar-refractivity contribution in [2.75, 3.05) is 6.61 Å². The molecule has 0 radical (unpaired) electrons. The fraction of sp³-hybridized carbons (Fsp3) is 0.500. The second-order valence-corrected chi connectivity index (χ2v) is 4.92. The minimum Gasteiger partial charge on any atom is -0.492 e. The second-order valence-electron chi connectivity index (χ2n) is 4.48. The maximum Gasteiger partial charge on any atom is 0.309 e. The van der Waals surface area contributed by atoms with Gasteiger partial charge in [0.25, 0.3) is 0 Å². The smallest absolute Gasteiger partial charge is 0.309 e. The highest BCUT2D eigenvalue weighted by molar-refractivity contribution is 6.30. The minimum atomic E-state index is -0.790. The van der Waals surface area contributed by atoms with Crippen molar-refractivity contribution in [1.29, 1.82) is 0 Å². The van der Waals surface area contributed by atoms with Gasteiger partial charge in [-0.3, -0.25) is 9.78 Å². The SMILES string of the molecule is CC(C)(CCCOc1cncc(Cl)c1)C(=O)O. The van der Waals surface area contributed by atoms with E-state index in [4.69, 9.17) is 21.4 Å². The molecule has 0 bridgehead atoms. The van der Waals surface area contributed by atoms with E-state index in [9.17, 15) is 4.79 Å². The van der Waals surface area contributed by atoms with E-state index in [0.717, 1.165) is 0 Å². The summed E-state index contributed by atoms with van der Waals surface area (Å²) in [4.78, 5) is 14.8. The molecule has 0 saturated carbocycles. The predicted molar refractivity (Wildman–Crippen MR) is 65.4 cm³/mol. The fourth-order valence-electron chi connectivity index (χ4n) is 1.28. The third-order valence-electron chi connectivity index (χ3n) is 2.47. The number of pyridine rings is 1. The first-order chi connectivity index (χ1) is 7.92. The van der Waals surface area contributed by atoms with Gasteiger partial charge in [0, 0.05) is 12.3 Å². The molecule has 5 heteroatoms. The van der Waals surface area contributed by atoms with Crippen LogP contribution in [-0.2, 0) is 4.79 Å². The zero-order chi connectivity index (χ0) is 12.9. The van der Waals surface area contributed by atoms with E-state index in [1.807, 2.05) is 0 Å². The molecule has 0 aliphatic heterocycles. The van der Waals surface area contributed by atoms with Crippen LogP contribution in [0.5, 0.6) is 5.75 Å². The number of aromatic nitrogens is 1. The van der Waals surface area contributed by atoms with Crippen LogP contribution in [0.25, 0.3) is 0 Å². The van der Waals surface area contributed by atoms with Crippen LogP contribution < -0.4 is 4.74 Å². The number of hydrogen-bond acceptors (Lipinski definition) is 3. The van der Waals surface area contributed by atoms with Gasteiger partial charge in [-0.1, -0.05) is 11.6 Å². The van der Waals surface area contributed by atoms with Crippen LogP contribution in [-0.4, -0.2) is 22.7 Å². The highest BCUT2D eigenvalue weighted by Crippen LogP contribution is 2.22. The molecule has 0 fully saturated rings. The quantitative estimate of drug-likeness (QED) is 0.796. The fourth-order valence-corrected chi connectivity index (χ4v) is 1.45. The maximum atomic E-state index is 10.9. The van der Waals surface area contributed by atoms with Gasteiger partial charge < -0.3 is 9.84 Å². The van der Waals surface area contributed by atoms with Crippen molar-refractivity contribution in [3.05, 3.63) is 23.5 Å². The standard InChI is InChI=1S/C12H16ClNO3/c1-12(2,11(15)16)4-3-5-17-10-6-9(13)7-14-8-10/h6-8H,3-5H2,1-2H3,(H,15,16). The maximum absolute atomic E-state index is 10.9. The molecular weight excluding hydrogens is 242 g/mol. The third-order valence-corrected chi connectivity index (χ3v) is 2.68. The van der Waals surface area contributed by atoms with Crippen molar-refractivity contribution in [3.63, 3.8) is 0 Å². The van der Waals surface area contributed by atoms with Crippen molar-refractivity contribution >= 4 is 17.6 Å². The van der Waals surface area contributed by atoms with Gasteiger partial charge >= 0.3 is 5.97 Å². The molecule has 0 spiro atoms. The van der Waals surface area contributed by atoms with Crippen molar-refractivity contribution < 1.29 is 14.6 Å². The summed E-state index contributed by atoms with van der Waals surface area (Å²) in [6.45, 7) is 3.87. The van der Waals surface area contributed by atoms with Crippen molar-refractivity contribution in [3.8, 4) is 5.75 Å². The summed E-state index contributed by atoms with van der Waals surface area (Å²) in [6, 6.07) is 1.68. The van der Waals surface area contributed by atoms with Crippen LogP contribution in [0.1, 0.15) is 26.7 Å². The van der Waals surface area contributed by atoms with Crippen molar-refractivity contribution in [2.24, 2.45) is 5.41 Å². The average Bonchev–Trinajstić information content (AvgIpc) is 2.24. The van der Waals surface area contributed by atoms with Crippen LogP contribution in [0.2, 0.25) is 5.02 Å². The van der Waals surface area contributed by atoms with Gasteiger partial charge in [0.05, 0.1) is 23.2 Å². The topological polar surface area (TPSA) is 59.4 Å². The molecular formula is C12H16ClNO3. The molecule has 0 saturated heterocycles. The summed E-state index contributed by atoms with van der Waals surface area (Å²) in [6.07, 6.45) is 4.35. The molecule has 0 aliphatic rings. The highest BCUT2D eigenvalue weighted by Gasteiger charge is 2.26. The summed E-state index contributed by atoms with van der Waals surface area (Å²) in [5, 5.41) is 9.45. The van der Waals surface area contributed by atoms with Gasteiger partial charge in [-0.15, -0.1) is 0 Å². The van der Waals surface area contributed by atoms with Crippen molar-refractivity contribution in [2.45, 2.75) is 26.7 Å². The van der Waals surface area contributed by atoms with Gasteiger partial charge in [0.1, 0.15) is 5.75 Å². The summed E-state index contributed by atoms with van der Waals surface area (Å²) in [7, 11) is 0. The Morgan fingerprint density at radius 1 is 1.53 bits per heavy atom. The van der Waals surface area contributed by atoms with E-state index in [2.05, 4.69) is 4.98 Å². The lowest BCUT2D eigenvalue weighted by atomic mass is 9.88. The van der Waals surface area contributed by atoms with E-state index < -0.39 is 11.4 Å². The van der Waals surface area contributed by atoms with Crippen LogP contribution >= 0.6 is 11.6 Å². The molecule has 1 aromatic heterocycles. The zero-order valence-corrected chi connectivity index (χ0v) is 10.7. The van der Waals surface area contributed by atoms with Gasteiger partial charge in [-0.05, 0) is 26.7 Å². The largest absolute Gasteiger partial charge is 0.492 e. The summed E-state index contributed by atoms with van der Waals surface area (Å²) in [5.41, 5.74) is -0.712. The Labute approximate surface area is 106 Å². The number of carbonyl (C=O) groups is 1. The van der Waals surface area contributed by atoms with E-state index in [1.54, 1.807) is 26.1 Å². The number of ether oxygens (including phenoxy) is 1. The second kappa shape index (κ2) is 5.87. The molecule has 0 amide bonds. The molecule has 1 N–H and O–H groups in total. The van der Waals surface area contributed by atoms with Crippen molar-refractivity contribution in [1.82, 2.24) is 4.98 Å². The monoisotopic (exact) mass is 257 g/mol. The Morgan fingerprint density at radius 3 is 2.82 bits per heavy atom. The van der Waals surface area contributed by atoms with Gasteiger partial charge in [0.15, 0.2) is 0 Å². The lowest BCUT2D eigenvalue weighted by molar-refractivity contribution is -0.147. The molecule has 17 heavy (non-hydrogen) atoms. The Balaban J connectivity index is 2.32. The molecule has 1 heterocycles. The van der Waals surface area contributed by atoms with Crippen LogP contribution in [0.3, 0.4) is 0 Å². The predicted octanol–water partition coefficient (Wildman–Crippen LogP) is 3.00. The van der Waals surface area contributed by atoms with Crippen LogP contribution in [0.4, 0.5) is 0 Å². The Bertz CT molecular complexity index is 393. The average molecular weight is 258 g/mol. The third kappa shape index (κ3) is 4.61. The van der Waals surface area contributed by atoms with Gasteiger partial charge in [-0.2, -0.15) is 0 Å². The Morgan fingerprint density at radius 2 is 2.24 bits per heavy atom. The number of hydrogen-bond donors (Lipinski definition) is 1.